The topological polar surface area (TPSA) is 70.2 Å². The summed E-state index contributed by atoms with van der Waals surface area (Å²) in [6.45, 7) is 6.43. The molecule has 51 heavy (non-hydrogen) atoms. The first-order chi connectivity index (χ1) is 24.8. The van der Waals surface area contributed by atoms with Crippen LogP contribution in [0.2, 0.25) is 0 Å². The Balaban J connectivity index is 1.02. The fourth-order valence-corrected chi connectivity index (χ4v) is 6.27. The summed E-state index contributed by atoms with van der Waals surface area (Å²) >= 11 is 0. The van der Waals surface area contributed by atoms with E-state index in [1.165, 1.54) is 12.1 Å². The third-order valence-corrected chi connectivity index (χ3v) is 9.12. The zero-order valence-corrected chi connectivity index (χ0v) is 29.2. The average molecular weight is 704 g/mol. The molecule has 0 aliphatic carbocycles. The van der Waals surface area contributed by atoms with E-state index in [-0.39, 0.29) is 12.0 Å². The number of ether oxygens (including phenoxy) is 2. The zero-order chi connectivity index (χ0) is 35.9. The monoisotopic (exact) mass is 703 g/mol. The predicted molar refractivity (Wildman–Crippen MR) is 195 cm³/mol. The lowest BCUT2D eigenvalue weighted by molar-refractivity contribution is -0.137. The lowest BCUT2D eigenvalue weighted by atomic mass is 10.1. The third-order valence-electron chi connectivity index (χ3n) is 9.12. The number of pyridine rings is 1. The highest BCUT2D eigenvalue weighted by Gasteiger charge is 2.30. The number of rotatable bonds is 18. The summed E-state index contributed by atoms with van der Waals surface area (Å²) in [6.07, 6.45) is 0.750. The average Bonchev–Trinajstić information content (AvgIpc) is 3.16. The summed E-state index contributed by atoms with van der Waals surface area (Å²) in [6, 6.07) is 28.3. The normalized spacial score (nSPS) is 14.2. The molecule has 1 aliphatic rings. The number of anilines is 2. The number of hydrogen-bond donors (Lipinski definition) is 1. The third kappa shape index (κ3) is 11.5. The van der Waals surface area contributed by atoms with E-state index in [0.29, 0.717) is 37.5 Å². The van der Waals surface area contributed by atoms with Gasteiger partial charge in [-0.2, -0.15) is 13.2 Å². The molecule has 1 N–H and O–H groups in total. The molecule has 3 aromatic carbocycles. The molecule has 0 radical (unpaired) electrons. The number of carbonyl (C=O) groups is 1. The summed E-state index contributed by atoms with van der Waals surface area (Å²) in [5.41, 5.74) is 1.38. The minimum absolute atomic E-state index is 0.0837. The Morgan fingerprint density at radius 3 is 2.29 bits per heavy atom. The van der Waals surface area contributed by atoms with Gasteiger partial charge in [-0.1, -0.05) is 55.0 Å². The summed E-state index contributed by atoms with van der Waals surface area (Å²) in [4.78, 5) is 24.5. The van der Waals surface area contributed by atoms with Gasteiger partial charge in [-0.25, -0.2) is 4.98 Å². The summed E-state index contributed by atoms with van der Waals surface area (Å²) in [7, 11) is 1.70. The zero-order valence-electron chi connectivity index (χ0n) is 29.2. The van der Waals surface area contributed by atoms with Crippen molar-refractivity contribution in [2.45, 2.75) is 44.4 Å². The molecular formula is C40H48F3N5O3. The van der Waals surface area contributed by atoms with Crippen molar-refractivity contribution in [2.24, 2.45) is 0 Å². The van der Waals surface area contributed by atoms with E-state index in [1.807, 2.05) is 71.6 Å². The lowest BCUT2D eigenvalue weighted by Gasteiger charge is -2.37. The van der Waals surface area contributed by atoms with E-state index < -0.39 is 11.7 Å². The molecule has 8 nitrogen and oxygen atoms in total. The highest BCUT2D eigenvalue weighted by Crippen LogP contribution is 2.32. The Labute approximate surface area is 299 Å². The van der Waals surface area contributed by atoms with Crippen molar-refractivity contribution in [3.8, 4) is 11.5 Å². The number of aromatic nitrogens is 1. The molecule has 1 fully saturated rings. The fraction of sp³-hybridized carbons (Fsp3) is 0.400. The summed E-state index contributed by atoms with van der Waals surface area (Å²) in [5, 5.41) is 3.46. The molecule has 0 saturated carbocycles. The van der Waals surface area contributed by atoms with Crippen LogP contribution in [0.1, 0.15) is 49.3 Å². The number of alkyl halides is 3. The number of nitrogens with one attached hydrogen (secondary N) is 1. The molecule has 1 saturated heterocycles. The minimum atomic E-state index is -4.39. The minimum Gasteiger partial charge on any atom is -0.495 e. The van der Waals surface area contributed by atoms with E-state index in [2.05, 4.69) is 26.2 Å². The summed E-state index contributed by atoms with van der Waals surface area (Å²) in [5.74, 6) is 2.05. The molecular weight excluding hydrogens is 655 g/mol. The van der Waals surface area contributed by atoms with Crippen LogP contribution in [0.3, 0.4) is 0 Å². The Hall–Kier alpha value is -4.61. The van der Waals surface area contributed by atoms with Crippen LogP contribution in [0.15, 0.2) is 103 Å². The molecule has 1 unspecified atom stereocenters. The van der Waals surface area contributed by atoms with Crippen molar-refractivity contribution >= 4 is 17.4 Å². The molecule has 11 heteroatoms. The Morgan fingerprint density at radius 2 is 1.59 bits per heavy atom. The van der Waals surface area contributed by atoms with Crippen molar-refractivity contribution in [2.75, 3.05) is 69.3 Å². The van der Waals surface area contributed by atoms with Crippen molar-refractivity contribution in [1.82, 2.24) is 15.2 Å². The van der Waals surface area contributed by atoms with E-state index in [1.54, 1.807) is 13.3 Å². The number of amides is 1. The molecule has 2 heterocycles. The van der Waals surface area contributed by atoms with Crippen LogP contribution >= 0.6 is 0 Å². The smallest absolute Gasteiger partial charge is 0.416 e. The second kappa shape index (κ2) is 19.1. The van der Waals surface area contributed by atoms with Gasteiger partial charge in [0.05, 0.1) is 18.4 Å². The molecule has 1 amide bonds. The van der Waals surface area contributed by atoms with Crippen LogP contribution < -0.4 is 24.6 Å². The molecule has 1 atom stereocenters. The van der Waals surface area contributed by atoms with Crippen molar-refractivity contribution in [1.29, 1.82) is 0 Å². The van der Waals surface area contributed by atoms with Gasteiger partial charge in [0, 0.05) is 58.3 Å². The van der Waals surface area contributed by atoms with Crippen molar-refractivity contribution in [3.63, 3.8) is 0 Å². The quantitative estimate of drug-likeness (QED) is 0.107. The molecule has 4 aromatic rings. The Morgan fingerprint density at radius 1 is 0.863 bits per heavy atom. The van der Waals surface area contributed by atoms with Gasteiger partial charge in [-0.15, -0.1) is 0 Å². The summed E-state index contributed by atoms with van der Waals surface area (Å²) < 4.78 is 50.7. The molecule has 5 rings (SSSR count). The molecule has 0 bridgehead atoms. The van der Waals surface area contributed by atoms with Gasteiger partial charge < -0.3 is 19.7 Å². The maximum atomic E-state index is 13.4. The largest absolute Gasteiger partial charge is 0.495 e. The first kappa shape index (κ1) is 37.6. The van der Waals surface area contributed by atoms with Crippen molar-refractivity contribution in [3.05, 3.63) is 114 Å². The number of halogens is 3. The first-order valence-electron chi connectivity index (χ1n) is 17.7. The SMILES string of the molecule is COc1ccccc1N1CCN(CCN(C(=O)CCCCCNCCC(Oc2ccc(C(F)(F)F)cc2)c2ccccc2)c2ccccn2)CC1. The maximum Gasteiger partial charge on any atom is 0.416 e. The number of methoxy groups -OCH3 is 1. The standard InChI is InChI=1S/C40H48F3N5O3/c1-50-37-15-8-7-14-35(37)47-29-26-46(27-30-47)28-31-48(38-16-9-11-24-45-38)39(49)17-6-3-10-23-44-25-22-36(32-12-4-2-5-13-32)51-34-20-18-33(19-21-34)40(41,42)43/h2,4-5,7-9,11-16,18-21,24,36,44H,3,6,10,17,22-23,25-31H2,1H3. The van der Waals surface area contributed by atoms with Gasteiger partial charge in [0.25, 0.3) is 0 Å². The van der Waals surface area contributed by atoms with E-state index >= 15 is 0 Å². The number of para-hydroxylation sites is 2. The Bertz CT molecular complexity index is 1600. The van der Waals surface area contributed by atoms with Crippen LogP contribution in [0.4, 0.5) is 24.7 Å². The molecule has 0 spiro atoms. The van der Waals surface area contributed by atoms with Gasteiger partial charge in [-0.3, -0.25) is 14.6 Å². The highest BCUT2D eigenvalue weighted by atomic mass is 19.4. The first-order valence-corrected chi connectivity index (χ1v) is 17.7. The van der Waals surface area contributed by atoms with Crippen LogP contribution in [-0.4, -0.2) is 75.3 Å². The highest BCUT2D eigenvalue weighted by molar-refractivity contribution is 5.92. The van der Waals surface area contributed by atoms with E-state index in [0.717, 1.165) is 87.7 Å². The van der Waals surface area contributed by atoms with Crippen LogP contribution in [0.25, 0.3) is 0 Å². The number of hydrogen-bond acceptors (Lipinski definition) is 7. The van der Waals surface area contributed by atoms with Crippen molar-refractivity contribution < 1.29 is 27.4 Å². The molecule has 1 aromatic heterocycles. The fourth-order valence-electron chi connectivity index (χ4n) is 6.27. The number of carbonyl (C=O) groups excluding carboxylic acids is 1. The van der Waals surface area contributed by atoms with Crippen LogP contribution in [0.5, 0.6) is 11.5 Å². The Kier molecular flexibility index (Phi) is 14.1. The van der Waals surface area contributed by atoms with Gasteiger partial charge in [0.15, 0.2) is 0 Å². The molecule has 272 valence electrons. The van der Waals surface area contributed by atoms with Gasteiger partial charge in [-0.05, 0) is 80.0 Å². The second-order valence-electron chi connectivity index (χ2n) is 12.6. The van der Waals surface area contributed by atoms with E-state index in [4.69, 9.17) is 9.47 Å². The van der Waals surface area contributed by atoms with Crippen LogP contribution in [0, 0.1) is 0 Å². The number of benzene rings is 3. The predicted octanol–water partition coefficient (Wildman–Crippen LogP) is 7.62. The molecule has 1 aliphatic heterocycles. The number of unbranched alkanes of at least 4 members (excludes halogenated alkanes) is 2. The number of piperazine rings is 1. The maximum absolute atomic E-state index is 13.4. The van der Waals surface area contributed by atoms with Gasteiger partial charge >= 0.3 is 6.18 Å². The van der Waals surface area contributed by atoms with E-state index in [9.17, 15) is 18.0 Å². The van der Waals surface area contributed by atoms with Gasteiger partial charge in [0.1, 0.15) is 23.4 Å². The lowest BCUT2D eigenvalue weighted by Crippen LogP contribution is -2.49. The van der Waals surface area contributed by atoms with Crippen LogP contribution in [-0.2, 0) is 11.0 Å². The second-order valence-corrected chi connectivity index (χ2v) is 12.6. The van der Waals surface area contributed by atoms with Gasteiger partial charge in [0.2, 0.25) is 5.91 Å². The number of nitrogens with zero attached hydrogens (tertiary/aromatic N) is 4.